The van der Waals surface area contributed by atoms with Crippen LogP contribution >= 0.6 is 0 Å². The summed E-state index contributed by atoms with van der Waals surface area (Å²) in [5.41, 5.74) is 2.02. The highest BCUT2D eigenvalue weighted by Crippen LogP contribution is 2.20. The molecular formula is C16H22N6. The molecule has 6 nitrogen and oxygen atoms in total. The van der Waals surface area contributed by atoms with Crippen LogP contribution in [0, 0.1) is 6.92 Å². The third-order valence-electron chi connectivity index (χ3n) is 4.25. The van der Waals surface area contributed by atoms with E-state index in [4.69, 9.17) is 0 Å². The molecule has 1 fully saturated rings. The van der Waals surface area contributed by atoms with Crippen molar-refractivity contribution in [3.63, 3.8) is 0 Å². The molecular weight excluding hydrogens is 276 g/mol. The van der Waals surface area contributed by atoms with Gasteiger partial charge >= 0.3 is 0 Å². The SMILES string of the molecule is Cc1cnc(CN2CCC(N(C)c3ccncn3)CC2)cn1. The predicted octanol–water partition coefficient (Wildman–Crippen LogP) is 1.68. The summed E-state index contributed by atoms with van der Waals surface area (Å²) in [4.78, 5) is 21.8. The van der Waals surface area contributed by atoms with Gasteiger partial charge in [0.25, 0.3) is 0 Å². The molecule has 2 aromatic heterocycles. The van der Waals surface area contributed by atoms with Gasteiger partial charge in [-0.1, -0.05) is 0 Å². The molecule has 0 saturated carbocycles. The van der Waals surface area contributed by atoms with Crippen molar-refractivity contribution in [3.8, 4) is 0 Å². The van der Waals surface area contributed by atoms with E-state index in [9.17, 15) is 0 Å². The van der Waals surface area contributed by atoms with E-state index < -0.39 is 0 Å². The van der Waals surface area contributed by atoms with Crippen molar-refractivity contribution in [2.75, 3.05) is 25.0 Å². The lowest BCUT2D eigenvalue weighted by atomic mass is 10.0. The number of anilines is 1. The monoisotopic (exact) mass is 298 g/mol. The Balaban J connectivity index is 1.53. The molecule has 22 heavy (non-hydrogen) atoms. The standard InChI is InChI=1S/C16H22N6/c1-13-9-19-14(10-18-13)11-22-7-4-15(5-8-22)21(2)16-3-6-17-12-20-16/h3,6,9-10,12,15H,4-5,7-8,11H2,1-2H3. The molecule has 0 bridgehead atoms. The Morgan fingerprint density at radius 2 is 2.00 bits per heavy atom. The topological polar surface area (TPSA) is 58.0 Å². The highest BCUT2D eigenvalue weighted by atomic mass is 15.2. The summed E-state index contributed by atoms with van der Waals surface area (Å²) in [6.07, 6.45) is 9.40. The minimum atomic E-state index is 0.537. The van der Waals surface area contributed by atoms with Gasteiger partial charge in [0.15, 0.2) is 0 Å². The molecule has 3 heterocycles. The highest BCUT2D eigenvalue weighted by Gasteiger charge is 2.23. The van der Waals surface area contributed by atoms with Crippen LogP contribution in [0.2, 0.25) is 0 Å². The minimum absolute atomic E-state index is 0.537. The first kappa shape index (κ1) is 14.8. The van der Waals surface area contributed by atoms with Crippen molar-refractivity contribution >= 4 is 5.82 Å². The molecule has 1 aliphatic heterocycles. The zero-order chi connectivity index (χ0) is 15.4. The van der Waals surface area contributed by atoms with Gasteiger partial charge in [0.05, 0.1) is 11.4 Å². The molecule has 0 aromatic carbocycles. The second-order valence-electron chi connectivity index (χ2n) is 5.83. The molecule has 0 amide bonds. The lowest BCUT2D eigenvalue weighted by Crippen LogP contribution is -2.43. The van der Waals surface area contributed by atoms with Crippen LogP contribution in [0.1, 0.15) is 24.2 Å². The second kappa shape index (κ2) is 6.79. The Bertz CT molecular complexity index is 577. The Kier molecular flexibility index (Phi) is 4.58. The Hall–Kier alpha value is -2.08. The number of hydrogen-bond donors (Lipinski definition) is 0. The van der Waals surface area contributed by atoms with Crippen LogP contribution in [0.4, 0.5) is 5.82 Å². The minimum Gasteiger partial charge on any atom is -0.356 e. The summed E-state index contributed by atoms with van der Waals surface area (Å²) >= 11 is 0. The fourth-order valence-electron chi connectivity index (χ4n) is 2.87. The van der Waals surface area contributed by atoms with E-state index in [1.54, 1.807) is 12.5 Å². The average Bonchev–Trinajstić information content (AvgIpc) is 2.58. The number of aryl methyl sites for hydroxylation is 1. The number of aromatic nitrogens is 4. The predicted molar refractivity (Wildman–Crippen MR) is 85.5 cm³/mol. The number of likely N-dealkylation sites (tertiary alicyclic amines) is 1. The fourth-order valence-corrected chi connectivity index (χ4v) is 2.87. The molecule has 0 atom stereocenters. The molecule has 116 valence electrons. The normalized spacial score (nSPS) is 16.6. The molecule has 0 unspecified atom stereocenters. The zero-order valence-corrected chi connectivity index (χ0v) is 13.2. The van der Waals surface area contributed by atoms with Crippen LogP contribution in [-0.4, -0.2) is 51.0 Å². The van der Waals surface area contributed by atoms with Crippen molar-refractivity contribution in [1.29, 1.82) is 0 Å². The van der Waals surface area contributed by atoms with Crippen molar-refractivity contribution < 1.29 is 0 Å². The van der Waals surface area contributed by atoms with Crippen LogP contribution in [0.15, 0.2) is 31.0 Å². The third-order valence-corrected chi connectivity index (χ3v) is 4.25. The Morgan fingerprint density at radius 3 is 2.64 bits per heavy atom. The molecule has 0 N–H and O–H groups in total. The molecule has 3 rings (SSSR count). The van der Waals surface area contributed by atoms with E-state index in [-0.39, 0.29) is 0 Å². The summed E-state index contributed by atoms with van der Waals surface area (Å²) in [5, 5.41) is 0. The van der Waals surface area contributed by atoms with Gasteiger partial charge in [-0.3, -0.25) is 14.9 Å². The number of rotatable bonds is 4. The number of piperidine rings is 1. The molecule has 1 saturated heterocycles. The lowest BCUT2D eigenvalue weighted by Gasteiger charge is -2.37. The quantitative estimate of drug-likeness (QED) is 0.856. The Morgan fingerprint density at radius 1 is 1.18 bits per heavy atom. The molecule has 0 aliphatic carbocycles. The van der Waals surface area contributed by atoms with Crippen LogP contribution in [0.3, 0.4) is 0 Å². The Labute approximate surface area is 131 Å². The van der Waals surface area contributed by atoms with Gasteiger partial charge in [-0.15, -0.1) is 0 Å². The van der Waals surface area contributed by atoms with E-state index in [2.05, 4.69) is 36.8 Å². The van der Waals surface area contributed by atoms with E-state index in [1.165, 1.54) is 0 Å². The summed E-state index contributed by atoms with van der Waals surface area (Å²) < 4.78 is 0. The van der Waals surface area contributed by atoms with E-state index in [0.717, 1.165) is 49.7 Å². The lowest BCUT2D eigenvalue weighted by molar-refractivity contribution is 0.201. The van der Waals surface area contributed by atoms with Gasteiger partial charge in [0.1, 0.15) is 12.1 Å². The number of nitrogens with zero attached hydrogens (tertiary/aromatic N) is 6. The third kappa shape index (κ3) is 3.57. The largest absolute Gasteiger partial charge is 0.356 e. The van der Waals surface area contributed by atoms with Gasteiger partial charge in [-0.25, -0.2) is 9.97 Å². The maximum atomic E-state index is 4.44. The van der Waals surface area contributed by atoms with E-state index in [0.29, 0.717) is 6.04 Å². The van der Waals surface area contributed by atoms with E-state index in [1.807, 2.05) is 25.4 Å². The highest BCUT2D eigenvalue weighted by molar-refractivity contribution is 5.36. The first-order valence-corrected chi connectivity index (χ1v) is 7.71. The van der Waals surface area contributed by atoms with Crippen LogP contribution in [0.5, 0.6) is 0 Å². The molecule has 0 radical (unpaired) electrons. The van der Waals surface area contributed by atoms with Gasteiger partial charge in [0, 0.05) is 51.3 Å². The number of hydrogen-bond acceptors (Lipinski definition) is 6. The first-order chi connectivity index (χ1) is 10.7. The van der Waals surface area contributed by atoms with Gasteiger partial charge in [0.2, 0.25) is 0 Å². The molecule has 0 spiro atoms. The van der Waals surface area contributed by atoms with Crippen LogP contribution < -0.4 is 4.90 Å². The van der Waals surface area contributed by atoms with Gasteiger partial charge in [-0.05, 0) is 25.8 Å². The summed E-state index contributed by atoms with van der Waals surface area (Å²) in [6, 6.07) is 2.50. The maximum absolute atomic E-state index is 4.44. The molecule has 1 aliphatic rings. The van der Waals surface area contributed by atoms with Crippen molar-refractivity contribution in [3.05, 3.63) is 42.4 Å². The van der Waals surface area contributed by atoms with E-state index >= 15 is 0 Å². The van der Waals surface area contributed by atoms with Gasteiger partial charge < -0.3 is 4.90 Å². The smallest absolute Gasteiger partial charge is 0.131 e. The maximum Gasteiger partial charge on any atom is 0.131 e. The van der Waals surface area contributed by atoms with Crippen LogP contribution in [-0.2, 0) is 6.54 Å². The van der Waals surface area contributed by atoms with Crippen molar-refractivity contribution in [2.24, 2.45) is 0 Å². The van der Waals surface area contributed by atoms with Crippen molar-refractivity contribution in [2.45, 2.75) is 32.4 Å². The summed E-state index contributed by atoms with van der Waals surface area (Å²) in [6.45, 7) is 5.01. The molecule has 6 heteroatoms. The zero-order valence-electron chi connectivity index (χ0n) is 13.2. The fraction of sp³-hybridized carbons (Fsp3) is 0.500. The first-order valence-electron chi connectivity index (χ1n) is 7.71. The van der Waals surface area contributed by atoms with Gasteiger partial charge in [-0.2, -0.15) is 0 Å². The van der Waals surface area contributed by atoms with Crippen molar-refractivity contribution in [1.82, 2.24) is 24.8 Å². The summed E-state index contributed by atoms with van der Waals surface area (Å²) in [7, 11) is 2.12. The average molecular weight is 298 g/mol. The summed E-state index contributed by atoms with van der Waals surface area (Å²) in [5.74, 6) is 0.998. The molecule has 2 aromatic rings. The van der Waals surface area contributed by atoms with Crippen LogP contribution in [0.25, 0.3) is 0 Å². The second-order valence-corrected chi connectivity index (χ2v) is 5.83.